The van der Waals surface area contributed by atoms with Crippen molar-refractivity contribution >= 4 is 62.9 Å². The lowest BCUT2D eigenvalue weighted by Gasteiger charge is -2.28. The molecule has 2 aliphatic heterocycles. The number of likely N-dealkylation sites (N-methyl/N-ethyl adjacent to an activating group) is 1. The molecular formula is C28H26IN3O3S. The number of carbonyl (C=O) groups is 1. The maximum atomic E-state index is 13.0. The molecule has 0 atom stereocenters. The second-order valence-electron chi connectivity index (χ2n) is 8.44. The predicted octanol–water partition coefficient (Wildman–Crippen LogP) is 5.94. The van der Waals surface area contributed by atoms with E-state index in [9.17, 15) is 4.79 Å². The first-order valence-electron chi connectivity index (χ1n) is 11.7. The minimum atomic E-state index is -0.0730. The first-order valence-corrected chi connectivity index (χ1v) is 13.6. The lowest BCUT2D eigenvalue weighted by Crippen LogP contribution is -2.36. The molecule has 0 aromatic heterocycles. The number of morpholine rings is 1. The fourth-order valence-electron chi connectivity index (χ4n) is 3.94. The number of hydrogen-bond donors (Lipinski definition) is 0. The highest BCUT2D eigenvalue weighted by molar-refractivity contribution is 14.1. The van der Waals surface area contributed by atoms with Crippen molar-refractivity contribution in [3.05, 3.63) is 92.4 Å². The molecule has 2 saturated heterocycles. The number of para-hydroxylation sites is 1. The van der Waals surface area contributed by atoms with Crippen molar-refractivity contribution in [3.63, 3.8) is 0 Å². The molecule has 6 nitrogen and oxygen atoms in total. The van der Waals surface area contributed by atoms with Gasteiger partial charge in [0.25, 0.3) is 5.91 Å². The van der Waals surface area contributed by atoms with E-state index in [0.717, 1.165) is 54.6 Å². The zero-order valence-electron chi connectivity index (χ0n) is 19.9. The van der Waals surface area contributed by atoms with E-state index < -0.39 is 0 Å². The monoisotopic (exact) mass is 611 g/mol. The molecule has 3 aromatic rings. The predicted molar refractivity (Wildman–Crippen MR) is 155 cm³/mol. The first-order chi connectivity index (χ1) is 17.6. The lowest BCUT2D eigenvalue weighted by molar-refractivity contribution is -0.121. The number of ether oxygens (including phenoxy) is 2. The average molecular weight is 612 g/mol. The van der Waals surface area contributed by atoms with Gasteiger partial charge in [0.1, 0.15) is 12.4 Å². The van der Waals surface area contributed by atoms with Crippen LogP contribution in [0.1, 0.15) is 11.1 Å². The van der Waals surface area contributed by atoms with Crippen LogP contribution in [0.25, 0.3) is 6.08 Å². The van der Waals surface area contributed by atoms with Gasteiger partial charge in [-0.15, -0.1) is 0 Å². The molecule has 8 heteroatoms. The van der Waals surface area contributed by atoms with Gasteiger partial charge >= 0.3 is 0 Å². The number of halogens is 1. The number of hydrogen-bond acceptors (Lipinski definition) is 6. The summed E-state index contributed by atoms with van der Waals surface area (Å²) in [5.74, 6) is 0.666. The molecule has 0 saturated carbocycles. The minimum absolute atomic E-state index is 0.0730. The number of amidine groups is 1. The quantitative estimate of drug-likeness (QED) is 0.255. The lowest BCUT2D eigenvalue weighted by atomic mass is 10.2. The zero-order valence-corrected chi connectivity index (χ0v) is 22.9. The molecule has 0 spiro atoms. The Morgan fingerprint density at radius 3 is 2.50 bits per heavy atom. The molecule has 2 fully saturated rings. The molecule has 0 bridgehead atoms. The Hall–Kier alpha value is -2.82. The van der Waals surface area contributed by atoms with Crippen LogP contribution >= 0.6 is 34.4 Å². The van der Waals surface area contributed by atoms with E-state index in [-0.39, 0.29) is 5.91 Å². The van der Waals surface area contributed by atoms with Crippen LogP contribution in [0.3, 0.4) is 0 Å². The number of thioether (sulfide) groups is 1. The summed E-state index contributed by atoms with van der Waals surface area (Å²) in [7, 11) is 1.76. The SMILES string of the molecule is CN1C(=O)/C(=C/c2ccccc2OCc2ccc(I)cc2)SC1=Nc1ccc(N2CCOCC2)cc1. The molecular weight excluding hydrogens is 585 g/mol. The molecule has 2 aliphatic rings. The third-order valence-electron chi connectivity index (χ3n) is 5.97. The Morgan fingerprint density at radius 1 is 1.03 bits per heavy atom. The minimum Gasteiger partial charge on any atom is -0.488 e. The number of nitrogens with zero attached hydrogens (tertiary/aromatic N) is 3. The maximum absolute atomic E-state index is 13.0. The summed E-state index contributed by atoms with van der Waals surface area (Å²) < 4.78 is 12.7. The fraction of sp³-hybridized carbons (Fsp3) is 0.214. The second-order valence-corrected chi connectivity index (χ2v) is 10.7. The van der Waals surface area contributed by atoms with Crippen LogP contribution < -0.4 is 9.64 Å². The molecule has 0 unspecified atom stereocenters. The van der Waals surface area contributed by atoms with E-state index in [1.165, 1.54) is 15.3 Å². The number of rotatable bonds is 6. The van der Waals surface area contributed by atoms with Crippen molar-refractivity contribution in [2.24, 2.45) is 4.99 Å². The van der Waals surface area contributed by atoms with Gasteiger partial charge in [-0.25, -0.2) is 4.99 Å². The number of benzene rings is 3. The molecule has 36 heavy (non-hydrogen) atoms. The van der Waals surface area contributed by atoms with E-state index in [1.54, 1.807) is 11.9 Å². The molecule has 2 heterocycles. The van der Waals surface area contributed by atoms with E-state index in [0.29, 0.717) is 16.7 Å². The van der Waals surface area contributed by atoms with E-state index in [4.69, 9.17) is 14.5 Å². The van der Waals surface area contributed by atoms with Gasteiger partial charge in [0.2, 0.25) is 0 Å². The van der Waals surface area contributed by atoms with Gasteiger partial charge < -0.3 is 14.4 Å². The smallest absolute Gasteiger partial charge is 0.266 e. The Morgan fingerprint density at radius 2 is 1.75 bits per heavy atom. The molecule has 3 aromatic carbocycles. The Balaban J connectivity index is 1.31. The third kappa shape index (κ3) is 5.93. The van der Waals surface area contributed by atoms with Gasteiger partial charge in [0.05, 0.1) is 23.8 Å². The average Bonchev–Trinajstić information content (AvgIpc) is 3.17. The number of aliphatic imine (C=N–C) groups is 1. The van der Waals surface area contributed by atoms with Crippen molar-refractivity contribution in [2.45, 2.75) is 6.61 Å². The number of amides is 1. The van der Waals surface area contributed by atoms with Gasteiger partial charge in [-0.05, 0) is 88.5 Å². The summed E-state index contributed by atoms with van der Waals surface area (Å²) >= 11 is 3.67. The van der Waals surface area contributed by atoms with Crippen LogP contribution in [-0.4, -0.2) is 49.3 Å². The van der Waals surface area contributed by atoms with Crippen molar-refractivity contribution < 1.29 is 14.3 Å². The van der Waals surface area contributed by atoms with Crippen LogP contribution in [0, 0.1) is 3.57 Å². The van der Waals surface area contributed by atoms with Gasteiger partial charge in [-0.3, -0.25) is 9.69 Å². The summed E-state index contributed by atoms with van der Waals surface area (Å²) in [5, 5.41) is 0.655. The molecule has 0 radical (unpaired) electrons. The Kier molecular flexibility index (Phi) is 7.93. The molecule has 184 valence electrons. The second kappa shape index (κ2) is 11.5. The van der Waals surface area contributed by atoms with Crippen LogP contribution in [0.15, 0.2) is 82.7 Å². The highest BCUT2D eigenvalue weighted by Gasteiger charge is 2.30. The Labute approximate surface area is 229 Å². The van der Waals surface area contributed by atoms with Gasteiger partial charge in [-0.1, -0.05) is 30.3 Å². The summed E-state index contributed by atoms with van der Waals surface area (Å²) in [5.41, 5.74) is 3.94. The molecule has 5 rings (SSSR count). The molecule has 1 amide bonds. The van der Waals surface area contributed by atoms with E-state index in [2.05, 4.69) is 63.9 Å². The van der Waals surface area contributed by atoms with E-state index >= 15 is 0 Å². The largest absolute Gasteiger partial charge is 0.488 e. The van der Waals surface area contributed by atoms with Crippen molar-refractivity contribution in [1.29, 1.82) is 0 Å². The normalized spacial score (nSPS) is 18.3. The molecule has 0 N–H and O–H groups in total. The maximum Gasteiger partial charge on any atom is 0.266 e. The van der Waals surface area contributed by atoms with Crippen LogP contribution in [0.4, 0.5) is 11.4 Å². The highest BCUT2D eigenvalue weighted by Crippen LogP contribution is 2.35. The zero-order chi connectivity index (χ0) is 24.9. The number of carbonyl (C=O) groups excluding carboxylic acids is 1. The van der Waals surface area contributed by atoms with Gasteiger partial charge in [-0.2, -0.15) is 0 Å². The Bertz CT molecular complexity index is 1290. The van der Waals surface area contributed by atoms with Crippen molar-refractivity contribution in [1.82, 2.24) is 4.90 Å². The highest BCUT2D eigenvalue weighted by atomic mass is 127. The van der Waals surface area contributed by atoms with Crippen LogP contribution in [0.2, 0.25) is 0 Å². The van der Waals surface area contributed by atoms with Gasteiger partial charge in [0, 0.05) is 35.0 Å². The van der Waals surface area contributed by atoms with E-state index in [1.807, 2.05) is 42.5 Å². The third-order valence-corrected chi connectivity index (χ3v) is 7.75. The summed E-state index contributed by atoms with van der Waals surface area (Å²) in [6.07, 6.45) is 1.89. The van der Waals surface area contributed by atoms with Gasteiger partial charge in [0.15, 0.2) is 5.17 Å². The number of anilines is 1. The first kappa shape index (κ1) is 24.9. The van der Waals surface area contributed by atoms with Crippen molar-refractivity contribution in [3.8, 4) is 5.75 Å². The fourth-order valence-corrected chi connectivity index (χ4v) is 5.27. The summed E-state index contributed by atoms with van der Waals surface area (Å²) in [6.45, 7) is 3.76. The summed E-state index contributed by atoms with van der Waals surface area (Å²) in [6, 6.07) is 24.2. The van der Waals surface area contributed by atoms with Crippen molar-refractivity contribution in [2.75, 3.05) is 38.3 Å². The molecule has 0 aliphatic carbocycles. The van der Waals surface area contributed by atoms with Crippen LogP contribution in [0.5, 0.6) is 5.75 Å². The van der Waals surface area contributed by atoms with Crippen LogP contribution in [-0.2, 0) is 16.1 Å². The summed E-state index contributed by atoms with van der Waals surface area (Å²) in [4.78, 5) is 22.3. The topological polar surface area (TPSA) is 54.4 Å². The standard InChI is InChI=1S/C28H26IN3O3S/c1-31-27(33)26(18-21-4-2-3-5-25(21)35-19-20-6-8-22(29)9-7-20)36-28(31)30-23-10-12-24(13-11-23)32-14-16-34-17-15-32/h2-13,18H,14-17,19H2,1H3/b26-18-,30-28?.